The summed E-state index contributed by atoms with van der Waals surface area (Å²) >= 11 is 0. The van der Waals surface area contributed by atoms with Crippen LogP contribution in [-0.2, 0) is 65.4 Å². The molecular weight excluding hydrogens is 1310 g/mol. The number of hydrogen-bond donors (Lipinski definition) is 3. The first-order valence-corrected chi connectivity index (χ1v) is 42.1. The Labute approximate surface area is 607 Å². The molecule has 0 rings (SSSR count). The van der Waals surface area contributed by atoms with Gasteiger partial charge in [0.1, 0.15) is 19.3 Å². The lowest BCUT2D eigenvalue weighted by Gasteiger charge is -2.21. The summed E-state index contributed by atoms with van der Waals surface area (Å²) in [6.45, 7) is 4.65. The zero-order valence-corrected chi connectivity index (χ0v) is 64.6. The predicted molar refractivity (Wildman–Crippen MR) is 408 cm³/mol. The van der Waals surface area contributed by atoms with Crippen LogP contribution < -0.4 is 0 Å². The number of phosphoric ester groups is 2. The number of carbonyl (C=O) groups is 4. The number of aliphatic hydroxyl groups is 1. The third-order valence-electron chi connectivity index (χ3n) is 16.2. The molecule has 100 heavy (non-hydrogen) atoms. The summed E-state index contributed by atoms with van der Waals surface area (Å²) in [7, 11) is -9.97. The normalized spacial score (nSPS) is 14.5. The minimum Gasteiger partial charge on any atom is -0.462 e. The molecule has 0 spiro atoms. The molecule has 2 unspecified atom stereocenters. The Morgan fingerprint density at radius 2 is 0.520 bits per heavy atom. The molecule has 0 aliphatic carbocycles. The minimum absolute atomic E-state index is 0.0512. The molecule has 3 N–H and O–H groups in total. The van der Waals surface area contributed by atoms with E-state index in [-0.39, 0.29) is 25.7 Å². The zero-order chi connectivity index (χ0) is 73.2. The Morgan fingerprint density at radius 1 is 0.290 bits per heavy atom. The van der Waals surface area contributed by atoms with Gasteiger partial charge in [-0.2, -0.15) is 0 Å². The highest BCUT2D eigenvalue weighted by Gasteiger charge is 2.30. The van der Waals surface area contributed by atoms with E-state index in [0.29, 0.717) is 25.7 Å². The first-order valence-electron chi connectivity index (χ1n) is 39.1. The van der Waals surface area contributed by atoms with Crippen LogP contribution in [0.2, 0.25) is 0 Å². The maximum atomic E-state index is 13.1. The third kappa shape index (κ3) is 72.1. The van der Waals surface area contributed by atoms with Gasteiger partial charge in [0.25, 0.3) is 0 Å². The van der Waals surface area contributed by atoms with Crippen molar-refractivity contribution in [1.29, 1.82) is 0 Å². The largest absolute Gasteiger partial charge is 0.472 e. The predicted octanol–water partition coefficient (Wildman–Crippen LogP) is 22.6. The number of unbranched alkanes of at least 4 members (excludes halogenated alkanes) is 29. The van der Waals surface area contributed by atoms with E-state index in [0.717, 1.165) is 173 Å². The molecule has 0 aromatic rings. The van der Waals surface area contributed by atoms with Gasteiger partial charge in [-0.05, 0) is 154 Å². The fourth-order valence-corrected chi connectivity index (χ4v) is 11.8. The van der Waals surface area contributed by atoms with Crippen molar-refractivity contribution in [2.75, 3.05) is 39.6 Å². The van der Waals surface area contributed by atoms with Gasteiger partial charge in [0.15, 0.2) is 12.2 Å². The van der Waals surface area contributed by atoms with E-state index in [1.807, 2.05) is 0 Å². The monoisotopic (exact) mass is 1450 g/mol. The Balaban J connectivity index is 5.40. The maximum Gasteiger partial charge on any atom is 0.472 e. The lowest BCUT2D eigenvalue weighted by atomic mass is 10.1. The van der Waals surface area contributed by atoms with Crippen molar-refractivity contribution >= 4 is 39.5 Å². The fourth-order valence-electron chi connectivity index (χ4n) is 10.2. The highest BCUT2D eigenvalue weighted by atomic mass is 31.2. The zero-order valence-electron chi connectivity index (χ0n) is 62.8. The minimum atomic E-state index is -4.99. The van der Waals surface area contributed by atoms with Gasteiger partial charge in [0.05, 0.1) is 26.4 Å². The second kappa shape index (κ2) is 73.0. The number of aliphatic hydroxyl groups excluding tert-OH is 1. The average molecular weight is 1450 g/mol. The molecule has 0 aromatic carbocycles. The smallest absolute Gasteiger partial charge is 0.462 e. The molecule has 0 aromatic heterocycles. The molecule has 0 bridgehead atoms. The van der Waals surface area contributed by atoms with Crippen LogP contribution in [0.15, 0.2) is 109 Å². The van der Waals surface area contributed by atoms with Crippen LogP contribution in [0.3, 0.4) is 0 Å². The lowest BCUT2D eigenvalue weighted by molar-refractivity contribution is -0.161. The Kier molecular flexibility index (Phi) is 69.9. The molecule has 19 heteroatoms. The number of allylic oxidation sites excluding steroid dienone is 18. The molecule has 0 radical (unpaired) electrons. The number of carbonyl (C=O) groups excluding carboxylic acids is 4. The summed E-state index contributed by atoms with van der Waals surface area (Å²) in [5.74, 6) is -2.24. The molecule has 5 atom stereocenters. The van der Waals surface area contributed by atoms with Crippen LogP contribution in [0.1, 0.15) is 323 Å². The molecule has 0 aliphatic rings. The van der Waals surface area contributed by atoms with E-state index in [4.69, 9.17) is 37.0 Å². The van der Waals surface area contributed by atoms with Crippen LogP contribution in [0.4, 0.5) is 0 Å². The SMILES string of the molecule is CC/C=C\C/C=C\C/C=C\C/C=C\C/C=C\CCCCCC(=O)O[C@H](COC(=O)CCCCCCC/C=C\C/C=C\CCCCC)COP(=O)(O)OC[C@@H](O)COP(=O)(O)OC[C@@H](COC(=O)CCCCCCC/C=C\CCCCCC)OC(=O)CCCCCCC/C=C\CCCCCC. The van der Waals surface area contributed by atoms with E-state index in [1.165, 1.54) is 70.6 Å². The summed E-state index contributed by atoms with van der Waals surface area (Å²) < 4.78 is 68.5. The molecule has 0 saturated heterocycles. The second-order valence-corrected chi connectivity index (χ2v) is 28.8. The van der Waals surface area contributed by atoms with Gasteiger partial charge >= 0.3 is 39.5 Å². The summed E-state index contributed by atoms with van der Waals surface area (Å²) in [5.41, 5.74) is 0. The van der Waals surface area contributed by atoms with Crippen molar-refractivity contribution in [2.24, 2.45) is 0 Å². The van der Waals surface area contributed by atoms with Crippen LogP contribution in [0, 0.1) is 0 Å². The summed E-state index contributed by atoms with van der Waals surface area (Å²) in [4.78, 5) is 72.9. The van der Waals surface area contributed by atoms with Gasteiger partial charge in [-0.1, -0.05) is 253 Å². The van der Waals surface area contributed by atoms with Crippen molar-refractivity contribution in [3.05, 3.63) is 109 Å². The highest BCUT2D eigenvalue weighted by molar-refractivity contribution is 7.47. The molecular formula is C81H140O17P2. The van der Waals surface area contributed by atoms with Crippen LogP contribution in [0.5, 0.6) is 0 Å². The number of phosphoric acid groups is 2. The third-order valence-corrected chi connectivity index (χ3v) is 18.1. The van der Waals surface area contributed by atoms with Gasteiger partial charge in [0.2, 0.25) is 0 Å². The molecule has 0 aliphatic heterocycles. The van der Waals surface area contributed by atoms with Crippen molar-refractivity contribution in [1.82, 2.24) is 0 Å². The molecule has 0 saturated carbocycles. The van der Waals surface area contributed by atoms with Gasteiger partial charge in [0, 0.05) is 25.7 Å². The second-order valence-electron chi connectivity index (χ2n) is 25.9. The average Bonchev–Trinajstić information content (AvgIpc) is 0.934. The highest BCUT2D eigenvalue weighted by Crippen LogP contribution is 2.45. The Morgan fingerprint density at radius 3 is 0.840 bits per heavy atom. The molecule has 0 fully saturated rings. The van der Waals surface area contributed by atoms with E-state index in [9.17, 15) is 43.2 Å². The van der Waals surface area contributed by atoms with E-state index in [2.05, 4.69) is 137 Å². The van der Waals surface area contributed by atoms with Crippen LogP contribution >= 0.6 is 15.6 Å². The standard InChI is InChI=1S/C81H140O17P2/c1-5-9-13-17-21-25-29-33-35-36-37-38-40-44-48-52-56-60-64-68-81(86)98-77(72-92-79(84)66-62-58-54-50-46-43-39-34-30-26-22-18-14-10-6-2)74-96-100(89,90)94-70-75(82)69-93-99(87,88)95-73-76(97-80(85)67-63-59-55-51-47-42-32-28-24-20-16-12-8-4)71-91-78(83)65-61-57-53-49-45-41-31-27-23-19-15-11-7-3/h9,13,21-22,25-28,31-35,37-39,44,48,75-77,82H,5-8,10-12,14-20,23-24,29-30,36,40-43,45-47,49-74H2,1-4H3,(H,87,88)(H,89,90)/b13-9-,25-21-,26-22-,31-27-,32-28-,35-33-,38-37-,39-34-,48-44-/t75-,76+,77+/m0/s1. The van der Waals surface area contributed by atoms with Crippen LogP contribution in [0.25, 0.3) is 0 Å². The van der Waals surface area contributed by atoms with Crippen molar-refractivity contribution in [3.63, 3.8) is 0 Å². The maximum absolute atomic E-state index is 13.1. The summed E-state index contributed by atoms with van der Waals surface area (Å²) in [5, 5.41) is 10.6. The van der Waals surface area contributed by atoms with Gasteiger partial charge in [-0.3, -0.25) is 37.3 Å². The quantitative estimate of drug-likeness (QED) is 0.0169. The lowest BCUT2D eigenvalue weighted by Crippen LogP contribution is -2.30. The first kappa shape index (κ1) is 95.7. The van der Waals surface area contributed by atoms with Crippen molar-refractivity contribution in [2.45, 2.75) is 341 Å². The fraction of sp³-hybridized carbons (Fsp3) is 0.728. The van der Waals surface area contributed by atoms with Crippen molar-refractivity contribution in [3.8, 4) is 0 Å². The molecule has 17 nitrogen and oxygen atoms in total. The van der Waals surface area contributed by atoms with Gasteiger partial charge in [-0.15, -0.1) is 0 Å². The molecule has 0 amide bonds. The number of rotatable bonds is 73. The summed E-state index contributed by atoms with van der Waals surface area (Å²) in [6.07, 6.45) is 77.8. The van der Waals surface area contributed by atoms with Crippen LogP contribution in [-0.4, -0.2) is 96.7 Å². The summed E-state index contributed by atoms with van der Waals surface area (Å²) in [6, 6.07) is 0. The van der Waals surface area contributed by atoms with Gasteiger partial charge < -0.3 is 33.8 Å². The topological polar surface area (TPSA) is 237 Å². The number of ether oxygens (including phenoxy) is 4. The number of esters is 4. The van der Waals surface area contributed by atoms with Gasteiger partial charge in [-0.25, -0.2) is 9.13 Å². The van der Waals surface area contributed by atoms with Crippen molar-refractivity contribution < 1.29 is 80.2 Å². The Hall–Kier alpha value is -4.28. The number of hydrogen-bond acceptors (Lipinski definition) is 15. The van der Waals surface area contributed by atoms with E-state index in [1.54, 1.807) is 0 Å². The molecule has 576 valence electrons. The Bertz CT molecular complexity index is 2320. The van der Waals surface area contributed by atoms with E-state index >= 15 is 0 Å². The van der Waals surface area contributed by atoms with E-state index < -0.39 is 97.5 Å². The molecule has 0 heterocycles. The first-order chi connectivity index (χ1) is 48.7.